The van der Waals surface area contributed by atoms with Crippen LogP contribution >= 0.6 is 0 Å². The summed E-state index contributed by atoms with van der Waals surface area (Å²) in [6.07, 6.45) is 1.74. The maximum Gasteiger partial charge on any atom is 0.308 e. The molecule has 0 saturated heterocycles. The smallest absolute Gasteiger partial charge is 0.210 e. The zero-order chi connectivity index (χ0) is 5.11. The van der Waals surface area contributed by atoms with Crippen molar-refractivity contribution in [2.75, 3.05) is 0 Å². The van der Waals surface area contributed by atoms with Crippen molar-refractivity contribution in [2.24, 2.45) is 0 Å². The van der Waals surface area contributed by atoms with Crippen LogP contribution in [0.1, 0.15) is 0 Å². The van der Waals surface area contributed by atoms with Crippen LogP contribution in [0, 0.1) is 12.1 Å². The average molecular weight is 97.1 g/mol. The normalized spacial score (nSPS) is 8.71. The van der Waals surface area contributed by atoms with Crippen LogP contribution in [0.5, 0.6) is 0 Å². The summed E-state index contributed by atoms with van der Waals surface area (Å²) in [5, 5.41) is 0. The second kappa shape index (κ2) is 1.64. The minimum absolute atomic E-state index is 0.709. The zero-order valence-corrected chi connectivity index (χ0v) is 3.43. The molecular weight excluding hydrogens is 95.1 g/mol. The van der Waals surface area contributed by atoms with Crippen LogP contribution < -0.4 is 0 Å². The van der Waals surface area contributed by atoms with E-state index >= 15 is 0 Å². The van der Waals surface area contributed by atoms with E-state index in [4.69, 9.17) is 0 Å². The van der Waals surface area contributed by atoms with Crippen molar-refractivity contribution in [1.82, 2.24) is 9.97 Å². The first-order valence-corrected chi connectivity index (χ1v) is 1.73. The molecule has 0 amide bonds. The summed E-state index contributed by atoms with van der Waals surface area (Å²) in [5.74, 6) is 0. The van der Waals surface area contributed by atoms with Gasteiger partial charge < -0.3 is 0 Å². The lowest BCUT2D eigenvalue weighted by atomic mass is 10.7. The Bertz CT molecular complexity index is 140. The molecule has 1 aromatic rings. The van der Waals surface area contributed by atoms with Crippen LogP contribution in [0.25, 0.3) is 0 Å². The van der Waals surface area contributed by atoms with Crippen molar-refractivity contribution in [1.29, 1.82) is 0 Å². The highest BCUT2D eigenvalue weighted by molar-refractivity contribution is 4.73. The molecule has 1 heterocycles. The SMILES string of the molecule is Fc1nc[c]cn1. The van der Waals surface area contributed by atoms with Gasteiger partial charge in [0.25, 0.3) is 0 Å². The third-order valence-corrected chi connectivity index (χ3v) is 0.491. The lowest BCUT2D eigenvalue weighted by Gasteiger charge is -1.76. The van der Waals surface area contributed by atoms with E-state index in [2.05, 4.69) is 16.0 Å². The van der Waals surface area contributed by atoms with Gasteiger partial charge in [0.2, 0.25) is 0 Å². The second-order valence-corrected chi connectivity index (χ2v) is 0.952. The van der Waals surface area contributed by atoms with Gasteiger partial charge in [-0.1, -0.05) is 0 Å². The van der Waals surface area contributed by atoms with Crippen molar-refractivity contribution < 1.29 is 4.39 Å². The van der Waals surface area contributed by atoms with E-state index in [1.165, 1.54) is 12.4 Å². The van der Waals surface area contributed by atoms with Crippen molar-refractivity contribution in [3.05, 3.63) is 24.5 Å². The first-order valence-electron chi connectivity index (χ1n) is 1.73. The zero-order valence-electron chi connectivity index (χ0n) is 3.43. The number of aromatic nitrogens is 2. The minimum Gasteiger partial charge on any atom is -0.210 e. The third kappa shape index (κ3) is 0.924. The summed E-state index contributed by atoms with van der Waals surface area (Å²) in [7, 11) is 0. The Morgan fingerprint density at radius 1 is 1.43 bits per heavy atom. The molecule has 0 fully saturated rings. The number of nitrogens with zero attached hydrogens (tertiary/aromatic N) is 2. The highest BCUT2D eigenvalue weighted by atomic mass is 19.1. The molecule has 35 valence electrons. The maximum absolute atomic E-state index is 11.7. The van der Waals surface area contributed by atoms with Gasteiger partial charge in [-0.3, -0.25) is 0 Å². The predicted molar refractivity (Wildman–Crippen MR) is 20.8 cm³/mol. The van der Waals surface area contributed by atoms with Gasteiger partial charge in [0.15, 0.2) is 0 Å². The highest BCUT2D eigenvalue weighted by Gasteiger charge is 1.81. The van der Waals surface area contributed by atoms with Crippen LogP contribution in [0.2, 0.25) is 0 Å². The summed E-state index contributed by atoms with van der Waals surface area (Å²) in [6, 6.07) is 2.47. The van der Waals surface area contributed by atoms with Gasteiger partial charge in [-0.15, -0.1) is 0 Å². The summed E-state index contributed by atoms with van der Waals surface area (Å²) in [5.41, 5.74) is 0. The Labute approximate surface area is 40.0 Å². The molecule has 0 aromatic carbocycles. The standard InChI is InChI=1S/C4H2FN2/c5-4-6-2-1-3-7-4/h2-3H. The molecule has 1 radical (unpaired) electrons. The van der Waals surface area contributed by atoms with Crippen molar-refractivity contribution in [2.45, 2.75) is 0 Å². The van der Waals surface area contributed by atoms with Gasteiger partial charge in [0.1, 0.15) is 0 Å². The molecule has 2 nitrogen and oxygen atoms in total. The molecule has 0 aliphatic rings. The second-order valence-electron chi connectivity index (χ2n) is 0.952. The fourth-order valence-corrected chi connectivity index (χ4v) is 0.248. The van der Waals surface area contributed by atoms with Crippen LogP contribution in [0.4, 0.5) is 4.39 Å². The van der Waals surface area contributed by atoms with Gasteiger partial charge in [-0.05, 0) is 0 Å². The van der Waals surface area contributed by atoms with E-state index in [0.717, 1.165) is 0 Å². The van der Waals surface area contributed by atoms with E-state index < -0.39 is 6.08 Å². The minimum atomic E-state index is -0.709. The van der Waals surface area contributed by atoms with E-state index in [1.807, 2.05) is 0 Å². The Kier molecular flexibility index (Phi) is 0.978. The number of rotatable bonds is 0. The average Bonchev–Trinajstić information content (AvgIpc) is 1.69. The number of hydrogen-bond donors (Lipinski definition) is 0. The number of hydrogen-bond acceptors (Lipinski definition) is 2. The predicted octanol–water partition coefficient (Wildman–Crippen LogP) is 0.416. The summed E-state index contributed by atoms with van der Waals surface area (Å²) in [6.45, 7) is 0. The van der Waals surface area contributed by atoms with Crippen LogP contribution in [-0.4, -0.2) is 9.97 Å². The van der Waals surface area contributed by atoms with Gasteiger partial charge in [0, 0.05) is 18.5 Å². The van der Waals surface area contributed by atoms with Gasteiger partial charge in [0.05, 0.1) is 0 Å². The Morgan fingerprint density at radius 3 is 2.29 bits per heavy atom. The van der Waals surface area contributed by atoms with Crippen molar-refractivity contribution in [3.63, 3.8) is 0 Å². The molecule has 0 spiro atoms. The fraction of sp³-hybridized carbons (Fsp3) is 0. The van der Waals surface area contributed by atoms with E-state index in [0.29, 0.717) is 0 Å². The lowest BCUT2D eigenvalue weighted by molar-refractivity contribution is 0.538. The van der Waals surface area contributed by atoms with Gasteiger partial charge in [-0.2, -0.15) is 4.39 Å². The first kappa shape index (κ1) is 4.18. The summed E-state index contributed by atoms with van der Waals surface area (Å²) in [4.78, 5) is 6.29. The van der Waals surface area contributed by atoms with Crippen LogP contribution in [0.15, 0.2) is 12.4 Å². The molecule has 1 aromatic heterocycles. The molecule has 0 unspecified atom stereocenters. The molecule has 7 heavy (non-hydrogen) atoms. The van der Waals surface area contributed by atoms with E-state index in [-0.39, 0.29) is 0 Å². The molecule has 0 aliphatic carbocycles. The van der Waals surface area contributed by atoms with Crippen LogP contribution in [0.3, 0.4) is 0 Å². The van der Waals surface area contributed by atoms with E-state index in [9.17, 15) is 4.39 Å². The van der Waals surface area contributed by atoms with Gasteiger partial charge in [-0.25, -0.2) is 9.97 Å². The van der Waals surface area contributed by atoms with Gasteiger partial charge >= 0.3 is 6.08 Å². The Hall–Kier alpha value is -0.990. The largest absolute Gasteiger partial charge is 0.308 e. The van der Waals surface area contributed by atoms with Crippen LogP contribution in [-0.2, 0) is 0 Å². The monoisotopic (exact) mass is 97.0 g/mol. The molecular formula is C4H2FN2. The molecule has 3 heteroatoms. The highest BCUT2D eigenvalue weighted by Crippen LogP contribution is 1.78. The molecule has 0 saturated carbocycles. The number of halogens is 1. The molecule has 0 aliphatic heterocycles. The van der Waals surface area contributed by atoms with Crippen molar-refractivity contribution in [3.8, 4) is 0 Å². The first-order chi connectivity index (χ1) is 3.39. The fourth-order valence-electron chi connectivity index (χ4n) is 0.248. The Morgan fingerprint density at radius 2 is 2.00 bits per heavy atom. The van der Waals surface area contributed by atoms with Crippen molar-refractivity contribution >= 4 is 0 Å². The molecule has 0 atom stereocenters. The summed E-state index contributed by atoms with van der Waals surface area (Å²) < 4.78 is 11.7. The van der Waals surface area contributed by atoms with E-state index in [1.54, 1.807) is 0 Å². The third-order valence-electron chi connectivity index (χ3n) is 0.491. The molecule has 0 N–H and O–H groups in total. The summed E-state index contributed by atoms with van der Waals surface area (Å²) >= 11 is 0. The maximum atomic E-state index is 11.7. The molecule has 1 rings (SSSR count). The quantitative estimate of drug-likeness (QED) is 0.438. The lowest BCUT2D eigenvalue weighted by Crippen LogP contribution is -1.82. The molecule has 0 bridgehead atoms. The topological polar surface area (TPSA) is 25.8 Å². The Balaban J connectivity index is 3.02.